The minimum Gasteiger partial charge on any atom is -0.393 e. The van der Waals surface area contributed by atoms with Crippen molar-refractivity contribution in [1.29, 1.82) is 0 Å². The third kappa shape index (κ3) is 3.11. The lowest BCUT2D eigenvalue weighted by molar-refractivity contribution is 0.162. The summed E-state index contributed by atoms with van der Waals surface area (Å²) >= 11 is 0. The van der Waals surface area contributed by atoms with Crippen LogP contribution in [0, 0.1) is 6.92 Å². The summed E-state index contributed by atoms with van der Waals surface area (Å²) in [7, 11) is 0. The maximum Gasteiger partial charge on any atom is 0.0641 e. The Morgan fingerprint density at radius 2 is 2.08 bits per heavy atom. The average molecular weight is 180 g/mol. The van der Waals surface area contributed by atoms with E-state index in [-0.39, 0.29) is 6.10 Å². The van der Waals surface area contributed by atoms with E-state index in [0.717, 1.165) is 24.2 Å². The van der Waals surface area contributed by atoms with Crippen LogP contribution >= 0.6 is 0 Å². The van der Waals surface area contributed by atoms with E-state index in [1.54, 1.807) is 12.4 Å². The molecule has 1 atom stereocenters. The van der Waals surface area contributed by atoms with Gasteiger partial charge < -0.3 is 5.11 Å². The molecule has 0 aliphatic heterocycles. The standard InChI is InChI=1S/C10H16N2O/c1-3-4-9(13)7-10-8(2)11-5-6-12-10/h5-6,9,13H,3-4,7H2,1-2H3. The summed E-state index contributed by atoms with van der Waals surface area (Å²) in [4.78, 5) is 8.30. The SMILES string of the molecule is CCCC(O)Cc1nccnc1C. The lowest BCUT2D eigenvalue weighted by Crippen LogP contribution is -2.12. The van der Waals surface area contributed by atoms with Gasteiger partial charge in [-0.05, 0) is 13.3 Å². The highest BCUT2D eigenvalue weighted by Gasteiger charge is 2.07. The third-order valence-electron chi connectivity index (χ3n) is 2.03. The van der Waals surface area contributed by atoms with Crippen molar-refractivity contribution in [3.63, 3.8) is 0 Å². The van der Waals surface area contributed by atoms with Gasteiger partial charge in [0, 0.05) is 18.8 Å². The first-order chi connectivity index (χ1) is 6.24. The van der Waals surface area contributed by atoms with Crippen molar-refractivity contribution in [3.8, 4) is 0 Å². The van der Waals surface area contributed by atoms with Crippen LogP contribution in [-0.2, 0) is 6.42 Å². The molecule has 1 heterocycles. The maximum atomic E-state index is 9.56. The molecule has 3 heteroatoms. The van der Waals surface area contributed by atoms with Crippen molar-refractivity contribution in [2.24, 2.45) is 0 Å². The van der Waals surface area contributed by atoms with Crippen LogP contribution in [0.5, 0.6) is 0 Å². The van der Waals surface area contributed by atoms with Gasteiger partial charge in [0.1, 0.15) is 0 Å². The molecule has 0 aromatic carbocycles. The van der Waals surface area contributed by atoms with Crippen LogP contribution in [-0.4, -0.2) is 21.2 Å². The Bertz CT molecular complexity index is 263. The van der Waals surface area contributed by atoms with Crippen molar-refractivity contribution in [1.82, 2.24) is 9.97 Å². The first-order valence-electron chi connectivity index (χ1n) is 4.68. The predicted octanol–water partition coefficient (Wildman–Crippen LogP) is 1.49. The van der Waals surface area contributed by atoms with Crippen LogP contribution in [0.25, 0.3) is 0 Å². The monoisotopic (exact) mass is 180 g/mol. The molecule has 3 nitrogen and oxygen atoms in total. The molecule has 0 bridgehead atoms. The molecule has 0 aliphatic carbocycles. The number of rotatable bonds is 4. The summed E-state index contributed by atoms with van der Waals surface area (Å²) in [6.45, 7) is 3.98. The number of nitrogens with zero attached hydrogens (tertiary/aromatic N) is 2. The average Bonchev–Trinajstić information content (AvgIpc) is 2.09. The lowest BCUT2D eigenvalue weighted by Gasteiger charge is -2.09. The quantitative estimate of drug-likeness (QED) is 0.763. The first-order valence-corrected chi connectivity index (χ1v) is 4.68. The van der Waals surface area contributed by atoms with E-state index in [9.17, 15) is 5.11 Å². The zero-order valence-electron chi connectivity index (χ0n) is 8.20. The third-order valence-corrected chi connectivity index (χ3v) is 2.03. The van der Waals surface area contributed by atoms with Crippen molar-refractivity contribution in [2.75, 3.05) is 0 Å². The summed E-state index contributed by atoms with van der Waals surface area (Å²) in [5.74, 6) is 0. The van der Waals surface area contributed by atoms with E-state index in [4.69, 9.17) is 0 Å². The van der Waals surface area contributed by atoms with E-state index in [1.165, 1.54) is 0 Å². The molecule has 1 N–H and O–H groups in total. The lowest BCUT2D eigenvalue weighted by atomic mass is 10.1. The highest BCUT2D eigenvalue weighted by Crippen LogP contribution is 2.07. The van der Waals surface area contributed by atoms with Gasteiger partial charge in [-0.3, -0.25) is 9.97 Å². The molecule has 0 radical (unpaired) electrons. The van der Waals surface area contributed by atoms with Gasteiger partial charge in [0.25, 0.3) is 0 Å². The van der Waals surface area contributed by atoms with E-state index in [2.05, 4.69) is 16.9 Å². The molecule has 0 saturated carbocycles. The van der Waals surface area contributed by atoms with Crippen LogP contribution in [0.1, 0.15) is 31.2 Å². The summed E-state index contributed by atoms with van der Waals surface area (Å²) in [5, 5.41) is 9.56. The second-order valence-corrected chi connectivity index (χ2v) is 3.24. The fourth-order valence-electron chi connectivity index (χ4n) is 1.30. The Balaban J connectivity index is 2.58. The van der Waals surface area contributed by atoms with Gasteiger partial charge in [-0.1, -0.05) is 13.3 Å². The van der Waals surface area contributed by atoms with Crippen LogP contribution < -0.4 is 0 Å². The molecule has 1 aromatic rings. The normalized spacial score (nSPS) is 12.8. The van der Waals surface area contributed by atoms with Crippen LogP contribution in [0.2, 0.25) is 0 Å². The molecule has 0 fully saturated rings. The smallest absolute Gasteiger partial charge is 0.0641 e. The van der Waals surface area contributed by atoms with Gasteiger partial charge in [0.15, 0.2) is 0 Å². The summed E-state index contributed by atoms with van der Waals surface area (Å²) in [5.41, 5.74) is 1.82. The topological polar surface area (TPSA) is 46.0 Å². The van der Waals surface area contributed by atoms with Gasteiger partial charge >= 0.3 is 0 Å². The zero-order chi connectivity index (χ0) is 9.68. The van der Waals surface area contributed by atoms with Gasteiger partial charge in [0.2, 0.25) is 0 Å². The van der Waals surface area contributed by atoms with Crippen molar-refractivity contribution < 1.29 is 5.11 Å². The van der Waals surface area contributed by atoms with Gasteiger partial charge in [-0.15, -0.1) is 0 Å². The second-order valence-electron chi connectivity index (χ2n) is 3.24. The Kier molecular flexibility index (Phi) is 3.83. The highest BCUT2D eigenvalue weighted by atomic mass is 16.3. The molecular formula is C10H16N2O. The second kappa shape index (κ2) is 4.92. The minimum absolute atomic E-state index is 0.277. The summed E-state index contributed by atoms with van der Waals surface area (Å²) in [6, 6.07) is 0. The number of aromatic nitrogens is 2. The predicted molar refractivity (Wildman–Crippen MR) is 51.4 cm³/mol. The van der Waals surface area contributed by atoms with Crippen LogP contribution in [0.4, 0.5) is 0 Å². The van der Waals surface area contributed by atoms with E-state index >= 15 is 0 Å². The van der Waals surface area contributed by atoms with Crippen molar-refractivity contribution in [3.05, 3.63) is 23.8 Å². The molecule has 0 amide bonds. The van der Waals surface area contributed by atoms with E-state index in [0.29, 0.717) is 6.42 Å². The van der Waals surface area contributed by atoms with E-state index < -0.39 is 0 Å². The zero-order valence-corrected chi connectivity index (χ0v) is 8.20. The number of aliphatic hydroxyl groups is 1. The summed E-state index contributed by atoms with van der Waals surface area (Å²) in [6.07, 6.45) is 5.51. The fraction of sp³-hybridized carbons (Fsp3) is 0.600. The Labute approximate surface area is 78.9 Å². The molecule has 13 heavy (non-hydrogen) atoms. The number of aliphatic hydroxyl groups excluding tert-OH is 1. The molecule has 0 aliphatic rings. The molecule has 1 unspecified atom stereocenters. The molecule has 0 spiro atoms. The fourth-order valence-corrected chi connectivity index (χ4v) is 1.30. The Hall–Kier alpha value is -0.960. The maximum absolute atomic E-state index is 9.56. The molecular weight excluding hydrogens is 164 g/mol. The van der Waals surface area contributed by atoms with Gasteiger partial charge in [-0.25, -0.2) is 0 Å². The van der Waals surface area contributed by atoms with Gasteiger partial charge in [0.05, 0.1) is 17.5 Å². The number of hydrogen-bond donors (Lipinski definition) is 1. The van der Waals surface area contributed by atoms with E-state index in [1.807, 2.05) is 6.92 Å². The van der Waals surface area contributed by atoms with Gasteiger partial charge in [-0.2, -0.15) is 0 Å². The van der Waals surface area contributed by atoms with Crippen LogP contribution in [0.3, 0.4) is 0 Å². The molecule has 1 rings (SSSR count). The van der Waals surface area contributed by atoms with Crippen molar-refractivity contribution in [2.45, 2.75) is 39.2 Å². The Morgan fingerprint density at radius 1 is 1.38 bits per heavy atom. The first kappa shape index (κ1) is 10.1. The molecule has 72 valence electrons. The number of aryl methyl sites for hydroxylation is 1. The van der Waals surface area contributed by atoms with Crippen molar-refractivity contribution >= 4 is 0 Å². The Morgan fingerprint density at radius 3 is 2.69 bits per heavy atom. The summed E-state index contributed by atoms with van der Waals surface area (Å²) < 4.78 is 0. The largest absolute Gasteiger partial charge is 0.393 e. The highest BCUT2D eigenvalue weighted by molar-refractivity contribution is 5.09. The van der Waals surface area contributed by atoms with Crippen LogP contribution in [0.15, 0.2) is 12.4 Å². The molecule has 1 aromatic heterocycles. The number of hydrogen-bond acceptors (Lipinski definition) is 3. The minimum atomic E-state index is -0.277. The molecule has 0 saturated heterocycles.